The van der Waals surface area contributed by atoms with Crippen LogP contribution in [0.3, 0.4) is 0 Å². The maximum atomic E-state index is 11.9. The molecule has 0 aromatic carbocycles. The molecule has 6 heteroatoms. The largest absolute Gasteiger partial charge is 0.298 e. The molecular weight excluding hydrogens is 349 g/mol. The van der Waals surface area contributed by atoms with E-state index in [0.717, 1.165) is 17.8 Å². The van der Waals surface area contributed by atoms with Gasteiger partial charge in [-0.05, 0) is 36.4 Å². The Balaban J connectivity index is 2.18. The minimum atomic E-state index is 0.0419. The van der Waals surface area contributed by atoms with Crippen LogP contribution < -0.4 is 5.56 Å². The fourth-order valence-corrected chi connectivity index (χ4v) is 2.71. The van der Waals surface area contributed by atoms with Gasteiger partial charge in [-0.1, -0.05) is 0 Å². The molecule has 0 aliphatic rings. The Morgan fingerprint density at radius 1 is 1.35 bits per heavy atom. The van der Waals surface area contributed by atoms with Crippen LogP contribution >= 0.6 is 33.9 Å². The number of thiazole rings is 1. The maximum Gasteiger partial charge on any atom is 0.267 e. The molecule has 2 aromatic rings. The predicted octanol–water partition coefficient (Wildman–Crippen LogP) is 2.16. The third kappa shape index (κ3) is 2.74. The minimum absolute atomic E-state index is 0.0419. The molecule has 2 aromatic heterocycles. The molecule has 0 aliphatic heterocycles. The number of halogens is 1. The Labute approximate surface area is 117 Å². The van der Waals surface area contributed by atoms with Crippen LogP contribution in [0.2, 0.25) is 0 Å². The molecule has 0 spiro atoms. The second kappa shape index (κ2) is 5.26. The van der Waals surface area contributed by atoms with Crippen molar-refractivity contribution >= 4 is 33.9 Å². The van der Waals surface area contributed by atoms with Gasteiger partial charge in [-0.25, -0.2) is 9.97 Å². The van der Waals surface area contributed by atoms with Gasteiger partial charge in [0.05, 0.1) is 26.8 Å². The van der Waals surface area contributed by atoms with Crippen molar-refractivity contribution in [2.24, 2.45) is 0 Å². The monoisotopic (exact) mass is 361 g/mol. The standard InChI is InChI=1S/C11H12IN3OS/c1-7-9(17-6-14-7)3-4-15-5-13-8(2)10(12)11(15)16/h5-6H,3-4H2,1-2H3. The quantitative estimate of drug-likeness (QED) is 0.788. The lowest BCUT2D eigenvalue weighted by atomic mass is 10.3. The molecule has 0 amide bonds. The van der Waals surface area contributed by atoms with Crippen molar-refractivity contribution in [1.82, 2.24) is 14.5 Å². The molecule has 0 radical (unpaired) electrons. The Morgan fingerprint density at radius 2 is 2.12 bits per heavy atom. The van der Waals surface area contributed by atoms with Crippen LogP contribution in [0.25, 0.3) is 0 Å². The van der Waals surface area contributed by atoms with E-state index in [1.165, 1.54) is 4.88 Å². The summed E-state index contributed by atoms with van der Waals surface area (Å²) >= 11 is 3.68. The van der Waals surface area contributed by atoms with E-state index in [-0.39, 0.29) is 5.56 Å². The van der Waals surface area contributed by atoms with E-state index in [1.54, 1.807) is 22.2 Å². The minimum Gasteiger partial charge on any atom is -0.298 e. The van der Waals surface area contributed by atoms with Crippen LogP contribution in [0, 0.1) is 17.4 Å². The van der Waals surface area contributed by atoms with Gasteiger partial charge in [0.1, 0.15) is 0 Å². The Hall–Kier alpha value is -0.760. The highest BCUT2D eigenvalue weighted by molar-refractivity contribution is 14.1. The number of aromatic nitrogens is 3. The summed E-state index contributed by atoms with van der Waals surface area (Å²) in [6.07, 6.45) is 2.45. The first-order chi connectivity index (χ1) is 8.09. The maximum absolute atomic E-state index is 11.9. The van der Waals surface area contributed by atoms with E-state index in [4.69, 9.17) is 0 Å². The van der Waals surface area contributed by atoms with Gasteiger partial charge >= 0.3 is 0 Å². The molecule has 17 heavy (non-hydrogen) atoms. The lowest BCUT2D eigenvalue weighted by molar-refractivity contribution is 0.649. The molecule has 0 bridgehead atoms. The summed E-state index contributed by atoms with van der Waals surface area (Å²) in [5.41, 5.74) is 3.73. The van der Waals surface area contributed by atoms with Crippen LogP contribution in [0.5, 0.6) is 0 Å². The summed E-state index contributed by atoms with van der Waals surface area (Å²) in [4.78, 5) is 21.6. The van der Waals surface area contributed by atoms with E-state index in [1.807, 2.05) is 41.9 Å². The summed E-state index contributed by atoms with van der Waals surface area (Å²) in [5, 5.41) is 0. The zero-order chi connectivity index (χ0) is 12.4. The van der Waals surface area contributed by atoms with Crippen molar-refractivity contribution in [2.45, 2.75) is 26.8 Å². The number of nitrogens with zero attached hydrogens (tertiary/aromatic N) is 3. The lowest BCUT2D eigenvalue weighted by Crippen LogP contribution is -2.24. The molecule has 0 atom stereocenters. The van der Waals surface area contributed by atoms with E-state index in [2.05, 4.69) is 9.97 Å². The fourth-order valence-electron chi connectivity index (χ4n) is 1.49. The Kier molecular flexibility index (Phi) is 3.93. The van der Waals surface area contributed by atoms with E-state index >= 15 is 0 Å². The third-order valence-corrected chi connectivity index (χ3v) is 4.82. The third-order valence-electron chi connectivity index (χ3n) is 2.58. The van der Waals surface area contributed by atoms with Crippen LogP contribution in [-0.2, 0) is 13.0 Å². The van der Waals surface area contributed by atoms with Crippen molar-refractivity contribution in [3.05, 3.63) is 42.0 Å². The highest BCUT2D eigenvalue weighted by atomic mass is 127. The molecule has 90 valence electrons. The lowest BCUT2D eigenvalue weighted by Gasteiger charge is -2.06. The number of rotatable bonds is 3. The van der Waals surface area contributed by atoms with Gasteiger partial charge in [0, 0.05) is 17.8 Å². The molecule has 0 N–H and O–H groups in total. The smallest absolute Gasteiger partial charge is 0.267 e. The first-order valence-corrected chi connectivity index (χ1v) is 7.16. The van der Waals surface area contributed by atoms with Gasteiger partial charge < -0.3 is 0 Å². The molecule has 2 rings (SSSR count). The van der Waals surface area contributed by atoms with Crippen LogP contribution in [0.15, 0.2) is 16.6 Å². The first-order valence-electron chi connectivity index (χ1n) is 5.20. The molecular formula is C11H12IN3OS. The second-order valence-electron chi connectivity index (χ2n) is 3.75. The molecule has 0 saturated heterocycles. The summed E-state index contributed by atoms with van der Waals surface area (Å²) < 4.78 is 2.36. The second-order valence-corrected chi connectivity index (χ2v) is 5.77. The van der Waals surface area contributed by atoms with Gasteiger partial charge in [-0.2, -0.15) is 0 Å². The first kappa shape index (κ1) is 12.7. The van der Waals surface area contributed by atoms with Crippen molar-refractivity contribution in [3.63, 3.8) is 0 Å². The highest BCUT2D eigenvalue weighted by Crippen LogP contribution is 2.13. The van der Waals surface area contributed by atoms with Crippen molar-refractivity contribution in [1.29, 1.82) is 0 Å². The summed E-state index contributed by atoms with van der Waals surface area (Å²) in [5.74, 6) is 0. The molecule has 0 saturated carbocycles. The Morgan fingerprint density at radius 3 is 2.76 bits per heavy atom. The average molecular weight is 361 g/mol. The van der Waals surface area contributed by atoms with Crippen molar-refractivity contribution < 1.29 is 0 Å². The van der Waals surface area contributed by atoms with E-state index in [0.29, 0.717) is 10.1 Å². The topological polar surface area (TPSA) is 47.8 Å². The van der Waals surface area contributed by atoms with Crippen LogP contribution in [-0.4, -0.2) is 14.5 Å². The van der Waals surface area contributed by atoms with Crippen molar-refractivity contribution in [3.8, 4) is 0 Å². The van der Waals surface area contributed by atoms with Gasteiger partial charge in [0.15, 0.2) is 0 Å². The van der Waals surface area contributed by atoms with E-state index < -0.39 is 0 Å². The number of hydrogen-bond donors (Lipinski definition) is 0. The van der Waals surface area contributed by atoms with E-state index in [9.17, 15) is 4.79 Å². The molecule has 2 heterocycles. The van der Waals surface area contributed by atoms with Gasteiger partial charge in [-0.3, -0.25) is 9.36 Å². The van der Waals surface area contributed by atoms with Gasteiger partial charge in [0.25, 0.3) is 5.56 Å². The molecule has 0 fully saturated rings. The zero-order valence-corrected chi connectivity index (χ0v) is 12.6. The van der Waals surface area contributed by atoms with Crippen molar-refractivity contribution in [2.75, 3.05) is 0 Å². The van der Waals surface area contributed by atoms with Crippen LogP contribution in [0.4, 0.5) is 0 Å². The zero-order valence-electron chi connectivity index (χ0n) is 9.61. The average Bonchev–Trinajstić information content (AvgIpc) is 2.71. The highest BCUT2D eigenvalue weighted by Gasteiger charge is 2.07. The summed E-state index contributed by atoms with van der Waals surface area (Å²) in [7, 11) is 0. The summed E-state index contributed by atoms with van der Waals surface area (Å²) in [6, 6.07) is 0. The fraction of sp³-hybridized carbons (Fsp3) is 0.364. The SMILES string of the molecule is Cc1ncsc1CCn1cnc(C)c(I)c1=O. The molecule has 0 unspecified atom stereocenters. The van der Waals surface area contributed by atoms with Gasteiger partial charge in [-0.15, -0.1) is 11.3 Å². The molecule has 4 nitrogen and oxygen atoms in total. The summed E-state index contributed by atoms with van der Waals surface area (Å²) in [6.45, 7) is 4.50. The number of aryl methyl sites for hydroxylation is 4. The predicted molar refractivity (Wildman–Crippen MR) is 76.5 cm³/mol. The normalized spacial score (nSPS) is 10.8. The van der Waals surface area contributed by atoms with Crippen LogP contribution in [0.1, 0.15) is 16.3 Å². The number of hydrogen-bond acceptors (Lipinski definition) is 4. The van der Waals surface area contributed by atoms with Gasteiger partial charge in [0.2, 0.25) is 0 Å². The Bertz CT molecular complexity index is 591. The molecule has 0 aliphatic carbocycles.